The minimum atomic E-state index is -0.0430. The Bertz CT molecular complexity index is 1130. The second-order valence-electron chi connectivity index (χ2n) is 9.32. The number of halogens is 1. The van der Waals surface area contributed by atoms with Crippen molar-refractivity contribution in [1.29, 1.82) is 0 Å². The average Bonchev–Trinajstić information content (AvgIpc) is 3.34. The second-order valence-corrected chi connectivity index (χ2v) is 9.73. The van der Waals surface area contributed by atoms with Gasteiger partial charge in [-0.2, -0.15) is 9.97 Å². The molecule has 0 spiro atoms. The predicted molar refractivity (Wildman–Crippen MR) is 123 cm³/mol. The van der Waals surface area contributed by atoms with Crippen LogP contribution in [0.2, 0.25) is 5.02 Å². The van der Waals surface area contributed by atoms with E-state index in [0.29, 0.717) is 41.7 Å². The van der Waals surface area contributed by atoms with E-state index in [9.17, 15) is 4.79 Å². The SMILES string of the molecule is CC(=O)N[C@H]1CCN(c2nc(OCC(C)(C)C)nc3c2nnn3Cc2ccccc2Cl)C1. The number of hydrogen-bond acceptors (Lipinski definition) is 7. The lowest BCUT2D eigenvalue weighted by Gasteiger charge is -2.20. The van der Waals surface area contributed by atoms with Crippen molar-refractivity contribution in [3.63, 3.8) is 0 Å². The minimum Gasteiger partial charge on any atom is -0.463 e. The maximum absolute atomic E-state index is 11.5. The van der Waals surface area contributed by atoms with E-state index in [1.807, 2.05) is 24.3 Å². The van der Waals surface area contributed by atoms with E-state index >= 15 is 0 Å². The first kappa shape index (κ1) is 22.3. The number of nitrogens with zero attached hydrogens (tertiary/aromatic N) is 6. The molecule has 1 aliphatic heterocycles. The molecule has 1 saturated heterocycles. The number of carbonyl (C=O) groups is 1. The van der Waals surface area contributed by atoms with Crippen molar-refractivity contribution in [3.05, 3.63) is 34.9 Å². The molecule has 0 radical (unpaired) electrons. The summed E-state index contributed by atoms with van der Waals surface area (Å²) in [7, 11) is 0. The highest BCUT2D eigenvalue weighted by Gasteiger charge is 2.28. The Hall–Kier alpha value is -2.94. The summed E-state index contributed by atoms with van der Waals surface area (Å²) in [5, 5.41) is 12.4. The van der Waals surface area contributed by atoms with Crippen molar-refractivity contribution in [2.24, 2.45) is 5.41 Å². The highest BCUT2D eigenvalue weighted by molar-refractivity contribution is 6.31. The molecule has 0 aliphatic carbocycles. The lowest BCUT2D eigenvalue weighted by atomic mass is 9.99. The molecule has 10 heteroatoms. The molecule has 9 nitrogen and oxygen atoms in total. The van der Waals surface area contributed by atoms with Gasteiger partial charge < -0.3 is 15.0 Å². The van der Waals surface area contributed by atoms with Gasteiger partial charge in [0.2, 0.25) is 5.91 Å². The number of rotatable bonds is 6. The van der Waals surface area contributed by atoms with Gasteiger partial charge in [0.25, 0.3) is 0 Å². The van der Waals surface area contributed by atoms with Gasteiger partial charge in [0.05, 0.1) is 13.2 Å². The Morgan fingerprint density at radius 1 is 1.28 bits per heavy atom. The van der Waals surface area contributed by atoms with Crippen LogP contribution in [0.5, 0.6) is 6.01 Å². The zero-order valence-corrected chi connectivity index (χ0v) is 19.6. The van der Waals surface area contributed by atoms with Crippen LogP contribution in [0.1, 0.15) is 39.7 Å². The van der Waals surface area contributed by atoms with Crippen LogP contribution < -0.4 is 15.0 Å². The lowest BCUT2D eigenvalue weighted by Crippen LogP contribution is -2.35. The molecule has 32 heavy (non-hydrogen) atoms. The Morgan fingerprint density at radius 3 is 2.78 bits per heavy atom. The number of amides is 1. The maximum Gasteiger partial charge on any atom is 0.320 e. The van der Waals surface area contributed by atoms with Crippen LogP contribution >= 0.6 is 11.6 Å². The first-order valence-electron chi connectivity index (χ1n) is 10.7. The van der Waals surface area contributed by atoms with Gasteiger partial charge in [-0.1, -0.05) is 55.8 Å². The maximum atomic E-state index is 11.5. The first-order chi connectivity index (χ1) is 15.2. The van der Waals surface area contributed by atoms with Crippen molar-refractivity contribution >= 4 is 34.5 Å². The molecule has 2 aromatic heterocycles. The molecular weight excluding hydrogens is 430 g/mol. The largest absolute Gasteiger partial charge is 0.463 e. The summed E-state index contributed by atoms with van der Waals surface area (Å²) in [6.07, 6.45) is 0.830. The van der Waals surface area contributed by atoms with Gasteiger partial charge >= 0.3 is 6.01 Å². The summed E-state index contributed by atoms with van der Waals surface area (Å²) >= 11 is 6.35. The summed E-state index contributed by atoms with van der Waals surface area (Å²) in [5.41, 5.74) is 2.06. The van der Waals surface area contributed by atoms with Gasteiger partial charge in [0, 0.05) is 31.1 Å². The number of aromatic nitrogens is 5. The molecule has 170 valence electrons. The Labute approximate surface area is 192 Å². The molecule has 1 aliphatic rings. The number of benzene rings is 1. The number of anilines is 1. The zero-order chi connectivity index (χ0) is 22.9. The summed E-state index contributed by atoms with van der Waals surface area (Å²) < 4.78 is 7.67. The first-order valence-corrected chi connectivity index (χ1v) is 11.1. The quantitative estimate of drug-likeness (QED) is 0.607. The monoisotopic (exact) mass is 457 g/mol. The third-order valence-corrected chi connectivity index (χ3v) is 5.50. The van der Waals surface area contributed by atoms with E-state index in [2.05, 4.69) is 51.3 Å². The highest BCUT2D eigenvalue weighted by Crippen LogP contribution is 2.29. The predicted octanol–water partition coefficient (Wildman–Crippen LogP) is 3.06. The van der Waals surface area contributed by atoms with Crippen LogP contribution in [0.3, 0.4) is 0 Å². The fourth-order valence-electron chi connectivity index (χ4n) is 3.64. The number of ether oxygens (including phenoxy) is 1. The van der Waals surface area contributed by atoms with Crippen molar-refractivity contribution in [3.8, 4) is 6.01 Å². The van der Waals surface area contributed by atoms with Crippen LogP contribution in [0.25, 0.3) is 11.2 Å². The topological polar surface area (TPSA) is 98.1 Å². The van der Waals surface area contributed by atoms with E-state index < -0.39 is 0 Å². The van der Waals surface area contributed by atoms with Gasteiger partial charge in [0.1, 0.15) is 0 Å². The molecule has 1 fully saturated rings. The molecule has 1 atom stereocenters. The molecule has 1 amide bonds. The van der Waals surface area contributed by atoms with E-state index in [4.69, 9.17) is 16.3 Å². The van der Waals surface area contributed by atoms with E-state index in [1.54, 1.807) is 4.68 Å². The summed E-state index contributed by atoms with van der Waals surface area (Å²) in [6, 6.07) is 7.98. The van der Waals surface area contributed by atoms with Crippen LogP contribution in [-0.2, 0) is 11.3 Å². The molecule has 3 heterocycles. The standard InChI is InChI=1S/C22H28ClN7O2/c1-14(31)24-16-9-10-29(12-16)19-18-20(26-21(25-19)32-13-22(2,3)4)30(28-27-18)11-15-7-5-6-8-17(15)23/h5-8,16H,9-13H2,1-4H3,(H,24,31)/t16-/m0/s1. The number of carbonyl (C=O) groups excluding carboxylic acids is 1. The molecular formula is C22H28ClN7O2. The molecule has 0 saturated carbocycles. The Balaban J connectivity index is 1.70. The summed E-state index contributed by atoms with van der Waals surface area (Å²) in [5.74, 6) is 0.627. The van der Waals surface area contributed by atoms with Crippen LogP contribution in [0.4, 0.5) is 5.82 Å². The van der Waals surface area contributed by atoms with Gasteiger partial charge in [-0.05, 0) is 23.5 Å². The van der Waals surface area contributed by atoms with E-state index in [-0.39, 0.29) is 23.4 Å². The highest BCUT2D eigenvalue weighted by atomic mass is 35.5. The zero-order valence-electron chi connectivity index (χ0n) is 18.8. The third kappa shape index (κ3) is 5.09. The van der Waals surface area contributed by atoms with Crippen LogP contribution in [-0.4, -0.2) is 56.6 Å². The molecule has 3 aromatic rings. The number of nitrogens with one attached hydrogen (secondary N) is 1. The Kier molecular flexibility index (Phi) is 6.19. The van der Waals surface area contributed by atoms with Crippen molar-refractivity contribution < 1.29 is 9.53 Å². The van der Waals surface area contributed by atoms with Gasteiger partial charge in [0.15, 0.2) is 17.0 Å². The fraction of sp³-hybridized carbons (Fsp3) is 0.500. The van der Waals surface area contributed by atoms with E-state index in [0.717, 1.165) is 18.5 Å². The smallest absolute Gasteiger partial charge is 0.320 e. The average molecular weight is 458 g/mol. The van der Waals surface area contributed by atoms with Crippen molar-refractivity contribution in [2.45, 2.75) is 46.7 Å². The third-order valence-electron chi connectivity index (χ3n) is 5.13. The van der Waals surface area contributed by atoms with Crippen LogP contribution in [0.15, 0.2) is 24.3 Å². The van der Waals surface area contributed by atoms with Crippen LogP contribution in [0, 0.1) is 5.41 Å². The second kappa shape index (κ2) is 8.90. The van der Waals surface area contributed by atoms with Gasteiger partial charge in [-0.15, -0.1) is 5.10 Å². The number of hydrogen-bond donors (Lipinski definition) is 1. The van der Waals surface area contributed by atoms with Gasteiger partial charge in [-0.25, -0.2) is 4.68 Å². The summed E-state index contributed by atoms with van der Waals surface area (Å²) in [4.78, 5) is 22.9. The molecule has 4 rings (SSSR count). The molecule has 0 unspecified atom stereocenters. The van der Waals surface area contributed by atoms with Crippen molar-refractivity contribution in [1.82, 2.24) is 30.3 Å². The molecule has 0 bridgehead atoms. The van der Waals surface area contributed by atoms with Gasteiger partial charge in [-0.3, -0.25) is 4.79 Å². The number of fused-ring (bicyclic) bond motifs is 1. The normalized spacial score (nSPS) is 16.5. The van der Waals surface area contributed by atoms with Crippen molar-refractivity contribution in [2.75, 3.05) is 24.6 Å². The minimum absolute atomic E-state index is 0.0374. The molecule has 1 N–H and O–H groups in total. The summed E-state index contributed by atoms with van der Waals surface area (Å²) in [6.45, 7) is 10.1. The lowest BCUT2D eigenvalue weighted by molar-refractivity contribution is -0.119. The fourth-order valence-corrected chi connectivity index (χ4v) is 3.84. The van der Waals surface area contributed by atoms with E-state index in [1.165, 1.54) is 6.92 Å². The Morgan fingerprint density at radius 2 is 2.06 bits per heavy atom. The molecule has 1 aromatic carbocycles.